The molecule has 1 N–H and O–H groups in total. The molecule has 0 atom stereocenters. The number of halogens is 4. The monoisotopic (exact) mass is 330 g/mol. The Hall–Kier alpha value is -1.74. The molecule has 0 spiro atoms. The van der Waals surface area contributed by atoms with Crippen LogP contribution in [0.25, 0.3) is 6.08 Å². The highest BCUT2D eigenvalue weighted by Crippen LogP contribution is 2.29. The van der Waals surface area contributed by atoms with Crippen molar-refractivity contribution in [2.24, 2.45) is 0 Å². The van der Waals surface area contributed by atoms with Crippen LogP contribution in [0.15, 0.2) is 24.3 Å². The maximum absolute atomic E-state index is 12.1. The average molecular weight is 331 g/mol. The fourth-order valence-electron chi connectivity index (χ4n) is 1.03. The lowest BCUT2D eigenvalue weighted by Gasteiger charge is -2.10. The second kappa shape index (κ2) is 5.71. The van der Waals surface area contributed by atoms with Crippen molar-refractivity contribution in [3.05, 3.63) is 34.9 Å². The molecule has 0 unspecified atom stereocenters. The van der Waals surface area contributed by atoms with Crippen LogP contribution in [0.5, 0.6) is 5.75 Å². The van der Waals surface area contributed by atoms with Crippen molar-refractivity contribution in [1.29, 1.82) is 0 Å². The number of carbonyl (C=O) groups is 1. The van der Waals surface area contributed by atoms with Gasteiger partial charge in [-0.25, -0.2) is 4.79 Å². The van der Waals surface area contributed by atoms with Crippen LogP contribution in [0.3, 0.4) is 0 Å². The Morgan fingerprint density at radius 3 is 2.40 bits per heavy atom. The Bertz CT molecular complexity index is 651. The summed E-state index contributed by atoms with van der Waals surface area (Å²) in [5.41, 5.74) is -5.38. The van der Waals surface area contributed by atoms with E-state index in [-0.39, 0.29) is 10.6 Å². The van der Waals surface area contributed by atoms with E-state index >= 15 is 0 Å². The van der Waals surface area contributed by atoms with Crippen LogP contribution in [0.4, 0.5) is 13.2 Å². The number of benzene rings is 1. The van der Waals surface area contributed by atoms with E-state index in [2.05, 4.69) is 4.18 Å². The molecule has 0 amide bonds. The van der Waals surface area contributed by atoms with E-state index in [4.69, 9.17) is 16.7 Å². The molecule has 1 rings (SSSR count). The predicted molar refractivity (Wildman–Crippen MR) is 63.7 cm³/mol. The number of carboxylic acids is 1. The van der Waals surface area contributed by atoms with Crippen molar-refractivity contribution in [2.75, 3.05) is 0 Å². The van der Waals surface area contributed by atoms with E-state index < -0.39 is 27.3 Å². The highest BCUT2D eigenvalue weighted by atomic mass is 35.5. The Labute approximate surface area is 116 Å². The summed E-state index contributed by atoms with van der Waals surface area (Å²) in [6.45, 7) is 0. The summed E-state index contributed by atoms with van der Waals surface area (Å²) in [6, 6.07) is 2.85. The smallest absolute Gasteiger partial charge is 0.478 e. The Balaban J connectivity index is 3.03. The summed E-state index contributed by atoms with van der Waals surface area (Å²) in [7, 11) is -5.78. The zero-order chi connectivity index (χ0) is 15.6. The van der Waals surface area contributed by atoms with Crippen molar-refractivity contribution >= 4 is 33.8 Å². The van der Waals surface area contributed by atoms with Crippen molar-refractivity contribution in [3.8, 4) is 5.75 Å². The highest BCUT2D eigenvalue weighted by molar-refractivity contribution is 7.88. The molecular formula is C10H6ClF3O5S. The van der Waals surface area contributed by atoms with Gasteiger partial charge in [-0.05, 0) is 23.8 Å². The van der Waals surface area contributed by atoms with E-state index in [0.717, 1.165) is 30.4 Å². The lowest BCUT2D eigenvalue weighted by atomic mass is 10.2. The molecule has 0 aromatic heterocycles. The quantitative estimate of drug-likeness (QED) is 0.521. The van der Waals surface area contributed by atoms with Gasteiger partial charge in [0, 0.05) is 12.1 Å². The summed E-state index contributed by atoms with van der Waals surface area (Å²) in [5, 5.41) is 8.23. The summed E-state index contributed by atoms with van der Waals surface area (Å²) >= 11 is 5.66. The lowest BCUT2D eigenvalue weighted by molar-refractivity contribution is -0.131. The summed E-state index contributed by atoms with van der Waals surface area (Å²) < 4.78 is 61.6. The molecule has 0 saturated carbocycles. The molecule has 1 aromatic carbocycles. The zero-order valence-electron chi connectivity index (χ0n) is 9.39. The van der Waals surface area contributed by atoms with Crippen LogP contribution in [-0.4, -0.2) is 25.0 Å². The van der Waals surface area contributed by atoms with Gasteiger partial charge in [0.1, 0.15) is 5.75 Å². The first-order chi connectivity index (χ1) is 9.03. The number of hydrogen-bond donors (Lipinski definition) is 1. The molecule has 1 aromatic rings. The molecule has 0 aliphatic heterocycles. The summed E-state index contributed by atoms with van der Waals surface area (Å²) in [6.07, 6.45) is 1.85. The van der Waals surface area contributed by atoms with Gasteiger partial charge in [-0.2, -0.15) is 21.6 Å². The van der Waals surface area contributed by atoms with Gasteiger partial charge in [0.25, 0.3) is 0 Å². The molecule has 0 aliphatic rings. The van der Waals surface area contributed by atoms with Crippen LogP contribution >= 0.6 is 11.6 Å². The second-order valence-electron chi connectivity index (χ2n) is 3.34. The van der Waals surface area contributed by atoms with Gasteiger partial charge in [-0.15, -0.1) is 0 Å². The second-order valence-corrected chi connectivity index (χ2v) is 5.28. The van der Waals surface area contributed by atoms with Crippen LogP contribution < -0.4 is 4.18 Å². The predicted octanol–water partition coefficient (Wildman–Crippen LogP) is 2.67. The van der Waals surface area contributed by atoms with E-state index in [0.29, 0.717) is 0 Å². The molecule has 0 aliphatic carbocycles. The van der Waals surface area contributed by atoms with Crippen molar-refractivity contribution < 1.29 is 35.7 Å². The van der Waals surface area contributed by atoms with Crippen molar-refractivity contribution in [1.82, 2.24) is 0 Å². The Morgan fingerprint density at radius 1 is 1.35 bits per heavy atom. The van der Waals surface area contributed by atoms with Crippen LogP contribution in [0, 0.1) is 0 Å². The normalized spacial score (nSPS) is 12.6. The first kappa shape index (κ1) is 16.3. The van der Waals surface area contributed by atoms with Gasteiger partial charge in [0.15, 0.2) is 0 Å². The van der Waals surface area contributed by atoms with E-state index in [9.17, 15) is 26.4 Å². The minimum Gasteiger partial charge on any atom is -0.478 e. The summed E-state index contributed by atoms with van der Waals surface area (Å²) in [5.74, 6) is -1.89. The number of carboxylic acid groups (broad SMARTS) is 1. The summed E-state index contributed by atoms with van der Waals surface area (Å²) in [4.78, 5) is 10.3. The van der Waals surface area contributed by atoms with E-state index in [1.165, 1.54) is 0 Å². The van der Waals surface area contributed by atoms with E-state index in [1.54, 1.807) is 0 Å². The number of hydrogen-bond acceptors (Lipinski definition) is 4. The van der Waals surface area contributed by atoms with Gasteiger partial charge in [0.05, 0.1) is 5.02 Å². The minimum atomic E-state index is -5.78. The van der Waals surface area contributed by atoms with Gasteiger partial charge in [-0.3, -0.25) is 0 Å². The van der Waals surface area contributed by atoms with Crippen molar-refractivity contribution in [3.63, 3.8) is 0 Å². The number of aliphatic carboxylic acids is 1. The van der Waals surface area contributed by atoms with Crippen LogP contribution in [-0.2, 0) is 14.9 Å². The first-order valence-corrected chi connectivity index (χ1v) is 6.53. The molecule has 10 heteroatoms. The minimum absolute atomic E-state index is 0.169. The highest BCUT2D eigenvalue weighted by Gasteiger charge is 2.48. The average Bonchev–Trinajstić information content (AvgIpc) is 2.25. The van der Waals surface area contributed by atoms with Gasteiger partial charge < -0.3 is 9.29 Å². The molecule has 0 fully saturated rings. The van der Waals surface area contributed by atoms with Crippen LogP contribution in [0.2, 0.25) is 5.02 Å². The molecule has 0 bridgehead atoms. The Morgan fingerprint density at radius 2 is 1.95 bits per heavy atom. The topological polar surface area (TPSA) is 80.7 Å². The first-order valence-electron chi connectivity index (χ1n) is 4.74. The Kier molecular flexibility index (Phi) is 4.66. The molecule has 110 valence electrons. The fraction of sp³-hybridized carbons (Fsp3) is 0.100. The lowest BCUT2D eigenvalue weighted by Crippen LogP contribution is -2.28. The van der Waals surface area contributed by atoms with E-state index in [1.807, 2.05) is 0 Å². The standard InChI is InChI=1S/C10H6ClF3O5S/c11-8-5-7(19-20(17,18)10(12,13)14)3-1-6(8)2-4-9(15)16/h1-5H,(H,15,16). The largest absolute Gasteiger partial charge is 0.534 e. The maximum Gasteiger partial charge on any atom is 0.534 e. The van der Waals surface area contributed by atoms with Crippen molar-refractivity contribution in [2.45, 2.75) is 5.51 Å². The third-order valence-corrected chi connectivity index (χ3v) is 3.17. The molecule has 20 heavy (non-hydrogen) atoms. The third-order valence-electron chi connectivity index (χ3n) is 1.87. The van der Waals surface area contributed by atoms with Gasteiger partial charge >= 0.3 is 21.6 Å². The van der Waals surface area contributed by atoms with Crippen LogP contribution in [0.1, 0.15) is 5.56 Å². The number of alkyl halides is 3. The molecule has 0 radical (unpaired) electrons. The van der Waals surface area contributed by atoms with Gasteiger partial charge in [0.2, 0.25) is 0 Å². The molecule has 0 heterocycles. The SMILES string of the molecule is O=C(O)C=Cc1ccc(OS(=O)(=O)C(F)(F)F)cc1Cl. The third kappa shape index (κ3) is 4.14. The fourth-order valence-corrected chi connectivity index (χ4v) is 1.71. The molecule has 0 saturated heterocycles. The maximum atomic E-state index is 12.1. The molecule has 5 nitrogen and oxygen atoms in total. The number of rotatable bonds is 4. The molecular weight excluding hydrogens is 325 g/mol. The van der Waals surface area contributed by atoms with Gasteiger partial charge in [-0.1, -0.05) is 11.6 Å². The zero-order valence-corrected chi connectivity index (χ0v) is 11.0.